The maximum atomic E-state index is 13.6. The molecule has 42 heavy (non-hydrogen) atoms. The van der Waals surface area contributed by atoms with E-state index in [0.717, 1.165) is 22.6 Å². The largest absolute Gasteiger partial charge is 0.496 e. The zero-order chi connectivity index (χ0) is 31.6. The van der Waals surface area contributed by atoms with E-state index in [-0.39, 0.29) is 29.5 Å². The maximum absolute atomic E-state index is 13.6. The molecular weight excluding hydrogens is 579 g/mol. The van der Waals surface area contributed by atoms with Crippen LogP contribution in [0.3, 0.4) is 0 Å². The molecule has 1 atom stereocenters. The molecule has 0 spiro atoms. The van der Waals surface area contributed by atoms with Crippen molar-refractivity contribution >= 4 is 6.41 Å². The Hall–Kier alpha value is -3.74. The molecule has 2 N–H and O–H groups in total. The van der Waals surface area contributed by atoms with Crippen molar-refractivity contribution in [1.29, 1.82) is 0 Å². The topological polar surface area (TPSA) is 55.6 Å². The smallest absolute Gasteiger partial charge is 0.416 e. The average molecular weight is 607 g/mol. The van der Waals surface area contributed by atoms with Gasteiger partial charge in [-0.25, -0.2) is 0 Å². The van der Waals surface area contributed by atoms with E-state index in [9.17, 15) is 44.3 Å². The summed E-state index contributed by atoms with van der Waals surface area (Å²) in [6.07, 6.45) is -14.8. The number of carbonyl (C=O) groups is 1. The molecule has 1 unspecified atom stereocenters. The van der Waals surface area contributed by atoms with Gasteiger partial charge in [-0.1, -0.05) is 26.0 Å². The maximum Gasteiger partial charge on any atom is 0.416 e. The van der Waals surface area contributed by atoms with Gasteiger partial charge in [0.2, 0.25) is 6.41 Å². The first-order valence-corrected chi connectivity index (χ1v) is 12.5. The molecule has 228 valence electrons. The first kappa shape index (κ1) is 32.8. The summed E-state index contributed by atoms with van der Waals surface area (Å²) in [6, 6.07) is 7.36. The van der Waals surface area contributed by atoms with Gasteiger partial charge in [0, 0.05) is 24.7 Å². The minimum absolute atomic E-state index is 0.00311. The van der Waals surface area contributed by atoms with Crippen molar-refractivity contribution in [2.75, 3.05) is 13.7 Å². The molecule has 0 bridgehead atoms. The minimum atomic E-state index is -5.11. The minimum Gasteiger partial charge on any atom is -0.496 e. The third-order valence-corrected chi connectivity index (χ3v) is 6.60. The van der Waals surface area contributed by atoms with Gasteiger partial charge in [0.25, 0.3) is 0 Å². The van der Waals surface area contributed by atoms with Crippen molar-refractivity contribution in [2.24, 2.45) is 5.73 Å². The number of nitrogens with zero attached hydrogens (tertiary/aromatic N) is 1. The summed E-state index contributed by atoms with van der Waals surface area (Å²) in [6.45, 7) is 2.73. The average Bonchev–Trinajstić information content (AvgIpc) is 2.90. The van der Waals surface area contributed by atoms with Gasteiger partial charge in [-0.05, 0) is 70.6 Å². The van der Waals surface area contributed by atoms with Gasteiger partial charge in [-0.3, -0.25) is 4.79 Å². The number of rotatable bonds is 9. The Labute approximate surface area is 235 Å². The van der Waals surface area contributed by atoms with Crippen LogP contribution in [0.25, 0.3) is 11.1 Å². The van der Waals surface area contributed by atoms with Crippen molar-refractivity contribution in [3.63, 3.8) is 0 Å². The Morgan fingerprint density at radius 3 is 1.81 bits per heavy atom. The van der Waals surface area contributed by atoms with Crippen LogP contribution >= 0.6 is 0 Å². The van der Waals surface area contributed by atoms with E-state index in [2.05, 4.69) is 0 Å². The molecule has 1 amide bonds. The first-order valence-electron chi connectivity index (χ1n) is 12.5. The van der Waals surface area contributed by atoms with Crippen molar-refractivity contribution in [3.8, 4) is 16.9 Å². The van der Waals surface area contributed by atoms with Crippen molar-refractivity contribution < 1.29 is 49.0 Å². The Morgan fingerprint density at radius 1 is 0.762 bits per heavy atom. The van der Waals surface area contributed by atoms with E-state index in [1.54, 1.807) is 18.2 Å². The molecular formula is C29H27F9N2O2. The third-order valence-electron chi connectivity index (χ3n) is 6.60. The number of halogens is 9. The van der Waals surface area contributed by atoms with E-state index in [0.29, 0.717) is 23.4 Å². The van der Waals surface area contributed by atoms with Gasteiger partial charge in [-0.15, -0.1) is 0 Å². The molecule has 13 heteroatoms. The second-order valence-electron chi connectivity index (χ2n) is 9.96. The molecule has 3 aromatic rings. The first-order chi connectivity index (χ1) is 19.3. The van der Waals surface area contributed by atoms with Crippen LogP contribution in [0, 0.1) is 0 Å². The molecule has 0 heterocycles. The summed E-state index contributed by atoms with van der Waals surface area (Å²) < 4.78 is 126. The van der Waals surface area contributed by atoms with E-state index >= 15 is 0 Å². The molecule has 0 fully saturated rings. The monoisotopic (exact) mass is 606 g/mol. The van der Waals surface area contributed by atoms with Crippen LogP contribution in [0.4, 0.5) is 39.5 Å². The van der Waals surface area contributed by atoms with Crippen molar-refractivity contribution in [3.05, 3.63) is 88.0 Å². The van der Waals surface area contributed by atoms with Gasteiger partial charge in [0.15, 0.2) is 0 Å². The third kappa shape index (κ3) is 7.75. The standard InChI is InChI=1S/C29H27F9N2O2/c1-16(2)17-4-7-26(42-3)24(11-17)23-6-5-20(27(30,31)32)10-19(23)13-40(15-41)14-25(39)18-8-21(28(33,34)35)12-22(9-18)29(36,37)38/h4-12,15-16,25H,13-14,39H2,1-3H3. The number of methoxy groups -OCH3 is 1. The number of alkyl halides is 9. The fourth-order valence-corrected chi connectivity index (χ4v) is 4.37. The van der Waals surface area contributed by atoms with Crippen molar-refractivity contribution in [1.82, 2.24) is 4.90 Å². The summed E-state index contributed by atoms with van der Waals surface area (Å²) in [4.78, 5) is 12.9. The van der Waals surface area contributed by atoms with Gasteiger partial charge in [0.1, 0.15) is 5.75 Å². The van der Waals surface area contributed by atoms with Crippen molar-refractivity contribution in [2.45, 2.75) is 50.9 Å². The van der Waals surface area contributed by atoms with E-state index in [1.807, 2.05) is 13.8 Å². The fourth-order valence-electron chi connectivity index (χ4n) is 4.37. The van der Waals surface area contributed by atoms with Crippen LogP contribution in [0.2, 0.25) is 0 Å². The van der Waals surface area contributed by atoms with Crippen LogP contribution in [0.1, 0.15) is 59.2 Å². The lowest BCUT2D eigenvalue weighted by atomic mass is 9.92. The summed E-state index contributed by atoms with van der Waals surface area (Å²) >= 11 is 0. The normalized spacial score (nSPS) is 13.3. The molecule has 0 radical (unpaired) electrons. The lowest BCUT2D eigenvalue weighted by Crippen LogP contribution is -2.31. The molecule has 0 aliphatic carbocycles. The summed E-state index contributed by atoms with van der Waals surface area (Å²) in [5, 5.41) is 0. The molecule has 0 saturated heterocycles. The number of nitrogens with two attached hydrogens (primary N) is 1. The number of ether oxygens (including phenoxy) is 1. The summed E-state index contributed by atoms with van der Waals surface area (Å²) in [7, 11) is 1.37. The number of benzene rings is 3. The second kappa shape index (κ2) is 12.2. The molecule has 4 nitrogen and oxygen atoms in total. The van der Waals surface area contributed by atoms with Crippen LogP contribution in [0.15, 0.2) is 54.6 Å². The molecule has 3 rings (SSSR count). The van der Waals surface area contributed by atoms with E-state index < -0.39 is 59.9 Å². The highest BCUT2D eigenvalue weighted by Crippen LogP contribution is 2.40. The lowest BCUT2D eigenvalue weighted by molar-refractivity contribution is -0.143. The Bertz CT molecular complexity index is 1380. The molecule has 0 saturated carbocycles. The molecule has 0 aliphatic heterocycles. The Kier molecular flexibility index (Phi) is 9.55. The quantitative estimate of drug-likeness (QED) is 0.197. The van der Waals surface area contributed by atoms with Crippen LogP contribution < -0.4 is 10.5 Å². The van der Waals surface area contributed by atoms with Gasteiger partial charge in [-0.2, -0.15) is 39.5 Å². The highest BCUT2D eigenvalue weighted by Gasteiger charge is 2.37. The second-order valence-corrected chi connectivity index (χ2v) is 9.96. The summed E-state index contributed by atoms with van der Waals surface area (Å²) in [5.41, 5.74) is 2.76. The van der Waals surface area contributed by atoms with E-state index in [4.69, 9.17) is 10.5 Å². The highest BCUT2D eigenvalue weighted by atomic mass is 19.4. The van der Waals surface area contributed by atoms with Gasteiger partial charge >= 0.3 is 18.5 Å². The predicted octanol–water partition coefficient (Wildman–Crippen LogP) is 8.20. The van der Waals surface area contributed by atoms with Crippen LogP contribution in [-0.2, 0) is 29.9 Å². The predicted molar refractivity (Wildman–Crippen MR) is 137 cm³/mol. The highest BCUT2D eigenvalue weighted by molar-refractivity contribution is 5.75. The van der Waals surface area contributed by atoms with Crippen LogP contribution in [0.5, 0.6) is 5.75 Å². The number of carbonyl (C=O) groups excluding carboxylic acids is 1. The zero-order valence-electron chi connectivity index (χ0n) is 22.6. The zero-order valence-corrected chi connectivity index (χ0v) is 22.6. The molecule has 3 aromatic carbocycles. The Balaban J connectivity index is 2.06. The number of hydrogen-bond acceptors (Lipinski definition) is 3. The molecule has 0 aromatic heterocycles. The van der Waals surface area contributed by atoms with E-state index in [1.165, 1.54) is 13.2 Å². The van der Waals surface area contributed by atoms with Gasteiger partial charge < -0.3 is 15.4 Å². The molecule has 0 aliphatic rings. The Morgan fingerprint density at radius 2 is 1.33 bits per heavy atom. The lowest BCUT2D eigenvalue weighted by Gasteiger charge is -2.25. The fraction of sp³-hybridized carbons (Fsp3) is 0.345. The summed E-state index contributed by atoms with van der Waals surface area (Å²) in [5.74, 6) is 0.379. The SMILES string of the molecule is COc1ccc(C(C)C)cc1-c1ccc(C(F)(F)F)cc1CN(C=O)CC(N)c1cc(C(F)(F)F)cc(C(F)(F)F)c1. The van der Waals surface area contributed by atoms with Gasteiger partial charge in [0.05, 0.1) is 23.8 Å². The van der Waals surface area contributed by atoms with Crippen LogP contribution in [-0.4, -0.2) is 25.0 Å². The number of amides is 1. The number of hydrogen-bond donors (Lipinski definition) is 1.